The lowest BCUT2D eigenvalue weighted by molar-refractivity contribution is 0.0386. The normalized spacial score (nSPS) is 26.3. The molecule has 0 radical (unpaired) electrons. The molecule has 2 aliphatic carbocycles. The molecule has 1 N–H and O–H groups in total. The Hall–Kier alpha value is -1.97. The summed E-state index contributed by atoms with van der Waals surface area (Å²) >= 11 is 6.66. The van der Waals surface area contributed by atoms with E-state index in [-0.39, 0.29) is 11.8 Å². The number of fused-ring (bicyclic) bond motifs is 2. The summed E-state index contributed by atoms with van der Waals surface area (Å²) in [4.78, 5) is 30.9. The number of nitrogens with one attached hydrogen (secondary N) is 1. The maximum absolute atomic E-state index is 12.9. The van der Waals surface area contributed by atoms with Gasteiger partial charge < -0.3 is 9.80 Å². The molecule has 2 saturated heterocycles. The Morgan fingerprint density at radius 3 is 1.88 bits per heavy atom. The maximum atomic E-state index is 12.9. The van der Waals surface area contributed by atoms with Crippen LogP contribution in [0.25, 0.3) is 10.4 Å². The predicted molar refractivity (Wildman–Crippen MR) is 166 cm³/mol. The summed E-state index contributed by atoms with van der Waals surface area (Å²) < 4.78 is 1.04. The largest absolute Gasteiger partial charge is 0.335 e. The van der Waals surface area contributed by atoms with E-state index in [1.807, 2.05) is 29.1 Å². The van der Waals surface area contributed by atoms with Gasteiger partial charge in [0.25, 0.3) is 11.8 Å². The van der Waals surface area contributed by atoms with Gasteiger partial charge >= 0.3 is 0 Å². The molecule has 3 aromatic heterocycles. The highest BCUT2D eigenvalue weighted by Gasteiger charge is 2.37. The molecular formula is C31H39BrN4O2S2. The second-order valence-corrected chi connectivity index (χ2v) is 15.0. The summed E-state index contributed by atoms with van der Waals surface area (Å²) in [6, 6.07) is 4.97. The first kappa shape index (κ1) is 28.2. The van der Waals surface area contributed by atoms with Crippen molar-refractivity contribution in [3.8, 4) is 10.4 Å². The molecule has 2 saturated carbocycles. The highest BCUT2D eigenvalue weighted by molar-refractivity contribution is 9.11. The highest BCUT2D eigenvalue weighted by atomic mass is 79.9. The molecule has 4 fully saturated rings. The molecule has 6 nitrogen and oxygen atoms in total. The Bertz CT molecular complexity index is 1280. The number of piperidine rings is 2. The lowest BCUT2D eigenvalue weighted by Crippen LogP contribution is -2.49. The van der Waals surface area contributed by atoms with E-state index in [1.54, 1.807) is 28.9 Å². The van der Waals surface area contributed by atoms with Crippen LogP contribution in [0.15, 0.2) is 39.1 Å². The number of H-pyrrole nitrogens is 1. The molecule has 4 aliphatic rings. The van der Waals surface area contributed by atoms with E-state index in [4.69, 9.17) is 0 Å². The van der Waals surface area contributed by atoms with E-state index in [0.717, 1.165) is 56.7 Å². The first-order valence-electron chi connectivity index (χ1n) is 15.0. The lowest BCUT2D eigenvalue weighted by atomic mass is 9.78. The van der Waals surface area contributed by atoms with Crippen molar-refractivity contribution in [2.24, 2.45) is 11.8 Å². The van der Waals surface area contributed by atoms with Crippen LogP contribution >= 0.6 is 38.6 Å². The van der Waals surface area contributed by atoms with Crippen LogP contribution in [0.3, 0.4) is 0 Å². The molecule has 0 bridgehead atoms. The SMILES string of the molecule is O=C(c1csc(-c2cn[nH]c2)c1)N1CCCC2CCCCC21.O=C(c1csc(Br)c1)N1CCCC2CCCCC21. The van der Waals surface area contributed by atoms with Crippen molar-refractivity contribution in [2.75, 3.05) is 13.1 Å². The first-order valence-corrected chi connectivity index (χ1v) is 17.6. The minimum Gasteiger partial charge on any atom is -0.335 e. The number of hydrogen-bond donors (Lipinski definition) is 1. The fraction of sp³-hybridized carbons (Fsp3) is 0.581. The molecule has 7 rings (SSSR count). The van der Waals surface area contributed by atoms with Gasteiger partial charge in [0.05, 0.1) is 21.1 Å². The molecule has 3 aromatic rings. The van der Waals surface area contributed by atoms with E-state index in [1.165, 1.54) is 70.6 Å². The second kappa shape index (κ2) is 12.9. The van der Waals surface area contributed by atoms with E-state index < -0.39 is 0 Å². The van der Waals surface area contributed by atoms with Gasteiger partial charge in [0.1, 0.15) is 0 Å². The van der Waals surface area contributed by atoms with Crippen LogP contribution in [0.1, 0.15) is 97.8 Å². The molecule has 40 heavy (non-hydrogen) atoms. The van der Waals surface area contributed by atoms with Gasteiger partial charge in [-0.15, -0.1) is 22.7 Å². The van der Waals surface area contributed by atoms with Gasteiger partial charge in [-0.05, 0) is 91.3 Å². The summed E-state index contributed by atoms with van der Waals surface area (Å²) in [6.07, 6.45) is 18.9. The van der Waals surface area contributed by atoms with E-state index in [9.17, 15) is 9.59 Å². The zero-order valence-electron chi connectivity index (χ0n) is 23.0. The molecule has 2 aliphatic heterocycles. The van der Waals surface area contributed by atoms with Crippen LogP contribution in [0.2, 0.25) is 0 Å². The van der Waals surface area contributed by atoms with Crippen molar-refractivity contribution in [3.63, 3.8) is 0 Å². The van der Waals surface area contributed by atoms with E-state index >= 15 is 0 Å². The van der Waals surface area contributed by atoms with Crippen LogP contribution < -0.4 is 0 Å². The van der Waals surface area contributed by atoms with Gasteiger partial charge in [0, 0.05) is 52.6 Å². The Balaban J connectivity index is 0.000000148. The topological polar surface area (TPSA) is 69.3 Å². The molecule has 2 amide bonds. The summed E-state index contributed by atoms with van der Waals surface area (Å²) in [7, 11) is 0. The third kappa shape index (κ3) is 6.12. The van der Waals surface area contributed by atoms with Crippen LogP contribution in [0, 0.1) is 11.8 Å². The van der Waals surface area contributed by atoms with Crippen LogP contribution in [0.4, 0.5) is 0 Å². The molecular weight excluding hydrogens is 604 g/mol. The number of hydrogen-bond acceptors (Lipinski definition) is 5. The van der Waals surface area contributed by atoms with Crippen molar-refractivity contribution < 1.29 is 9.59 Å². The van der Waals surface area contributed by atoms with Crippen LogP contribution in [0.5, 0.6) is 0 Å². The van der Waals surface area contributed by atoms with Gasteiger partial charge in [-0.25, -0.2) is 0 Å². The average molecular weight is 644 g/mol. The number of nitrogens with zero attached hydrogens (tertiary/aromatic N) is 3. The smallest absolute Gasteiger partial charge is 0.254 e. The van der Waals surface area contributed by atoms with Gasteiger partial charge in [-0.1, -0.05) is 25.7 Å². The quantitative estimate of drug-likeness (QED) is 0.313. The Morgan fingerprint density at radius 2 is 1.32 bits per heavy atom. The van der Waals surface area contributed by atoms with Crippen molar-refractivity contribution >= 4 is 50.4 Å². The summed E-state index contributed by atoms with van der Waals surface area (Å²) in [5.41, 5.74) is 2.75. The number of amides is 2. The third-order valence-electron chi connectivity index (χ3n) is 9.45. The number of halogens is 1. The molecule has 4 unspecified atom stereocenters. The van der Waals surface area contributed by atoms with Crippen LogP contribution in [-0.2, 0) is 0 Å². The minimum absolute atomic E-state index is 0.225. The number of aromatic amines is 1. The van der Waals surface area contributed by atoms with Crippen molar-refractivity contribution in [2.45, 2.75) is 89.1 Å². The van der Waals surface area contributed by atoms with Crippen molar-refractivity contribution in [3.05, 3.63) is 50.2 Å². The van der Waals surface area contributed by atoms with Crippen molar-refractivity contribution in [1.82, 2.24) is 20.0 Å². The molecule has 0 aromatic carbocycles. The summed E-state index contributed by atoms with van der Waals surface area (Å²) in [5.74, 6) is 1.97. The van der Waals surface area contributed by atoms with Crippen LogP contribution in [-0.4, -0.2) is 57.0 Å². The molecule has 5 heterocycles. The van der Waals surface area contributed by atoms with Gasteiger partial charge in [0.15, 0.2) is 0 Å². The standard InChI is InChI=1S/C17H21N3OS.C14H18BrNOS/c21-17(13-8-16(22-11-13)14-9-18-19-10-14)20-7-3-5-12-4-1-2-6-15(12)20;15-13-8-11(9-18-13)14(17)16-7-3-5-10-4-1-2-6-12(10)16/h8-12,15H,1-7H2,(H,18,19);8-10,12H,1-7H2. The lowest BCUT2D eigenvalue weighted by Gasteiger charge is -2.44. The molecule has 0 spiro atoms. The highest BCUT2D eigenvalue weighted by Crippen LogP contribution is 2.38. The van der Waals surface area contributed by atoms with Gasteiger partial charge in [-0.2, -0.15) is 5.10 Å². The van der Waals surface area contributed by atoms with Gasteiger partial charge in [-0.3, -0.25) is 14.7 Å². The average Bonchev–Trinajstić information content (AvgIpc) is 3.79. The number of carbonyl (C=O) groups excluding carboxylic acids is 2. The van der Waals surface area contributed by atoms with Gasteiger partial charge in [0.2, 0.25) is 0 Å². The Morgan fingerprint density at radius 1 is 0.775 bits per heavy atom. The van der Waals surface area contributed by atoms with E-state index in [2.05, 4.69) is 35.9 Å². The molecule has 4 atom stereocenters. The maximum Gasteiger partial charge on any atom is 0.254 e. The molecule has 214 valence electrons. The summed E-state index contributed by atoms with van der Waals surface area (Å²) in [5, 5.41) is 10.8. The molecule has 9 heteroatoms. The zero-order chi connectivity index (χ0) is 27.5. The predicted octanol–water partition coefficient (Wildman–Crippen LogP) is 8.24. The Labute approximate surface area is 253 Å². The van der Waals surface area contributed by atoms with E-state index in [0.29, 0.717) is 12.1 Å². The second-order valence-electron chi connectivity index (χ2n) is 11.8. The van der Waals surface area contributed by atoms with Crippen molar-refractivity contribution in [1.29, 1.82) is 0 Å². The number of likely N-dealkylation sites (tertiary alicyclic amines) is 2. The Kier molecular flexibility index (Phi) is 9.09. The fourth-order valence-electron chi connectivity index (χ4n) is 7.49. The monoisotopic (exact) mass is 642 g/mol. The number of rotatable bonds is 3. The third-order valence-corrected chi connectivity index (χ3v) is 11.9. The zero-order valence-corrected chi connectivity index (χ0v) is 26.2. The number of thiophene rings is 2. The minimum atomic E-state index is 0.225. The number of carbonyl (C=O) groups is 2. The number of aromatic nitrogens is 2. The fourth-order valence-corrected chi connectivity index (χ4v) is 9.49. The first-order chi connectivity index (χ1) is 19.6. The summed E-state index contributed by atoms with van der Waals surface area (Å²) in [6.45, 7) is 1.88.